The second-order valence-electron chi connectivity index (χ2n) is 7.16. The summed E-state index contributed by atoms with van der Waals surface area (Å²) < 4.78 is 12.7. The van der Waals surface area contributed by atoms with Crippen molar-refractivity contribution >= 4 is 22.9 Å². The number of amides is 1. The van der Waals surface area contributed by atoms with Gasteiger partial charge in [0.15, 0.2) is 5.82 Å². The lowest BCUT2D eigenvalue weighted by Gasteiger charge is -2.37. The Kier molecular flexibility index (Phi) is 4.36. The number of hydrogen-bond donors (Lipinski definition) is 1. The van der Waals surface area contributed by atoms with Crippen molar-refractivity contribution < 1.29 is 14.3 Å². The van der Waals surface area contributed by atoms with E-state index in [1.165, 1.54) is 6.33 Å². The van der Waals surface area contributed by atoms with Crippen LogP contribution in [0.25, 0.3) is 16.8 Å². The Bertz CT molecular complexity index is 1160. The Morgan fingerprint density at radius 3 is 2.86 bits per heavy atom. The molecule has 9 heteroatoms. The highest BCUT2D eigenvalue weighted by atomic mass is 16.5. The Balaban J connectivity index is 1.89. The van der Waals surface area contributed by atoms with E-state index in [0.717, 1.165) is 5.56 Å². The molecule has 1 amide bonds. The summed E-state index contributed by atoms with van der Waals surface area (Å²) in [6.45, 7) is 4.33. The molecule has 3 aromatic rings. The van der Waals surface area contributed by atoms with Crippen LogP contribution in [0, 0.1) is 11.3 Å². The Hall–Kier alpha value is -3.64. The number of aromatic nitrogens is 3. The van der Waals surface area contributed by atoms with Crippen LogP contribution >= 0.6 is 0 Å². The minimum atomic E-state index is -0.920. The summed E-state index contributed by atoms with van der Waals surface area (Å²) >= 11 is 0. The molecule has 0 atom stereocenters. The number of morpholine rings is 1. The molecule has 4 rings (SSSR count). The maximum atomic E-state index is 12.9. The summed E-state index contributed by atoms with van der Waals surface area (Å²) in [4.78, 5) is 18.6. The number of nitriles is 1. The van der Waals surface area contributed by atoms with Gasteiger partial charge in [0.1, 0.15) is 29.3 Å². The van der Waals surface area contributed by atoms with E-state index in [-0.39, 0.29) is 11.7 Å². The number of hydrogen-bond acceptors (Lipinski definition) is 7. The molecule has 1 saturated heterocycles. The highest BCUT2D eigenvalue weighted by Gasteiger charge is 2.38. The molecule has 3 heterocycles. The molecule has 1 aromatic carbocycles. The van der Waals surface area contributed by atoms with E-state index < -0.39 is 5.60 Å². The zero-order valence-corrected chi connectivity index (χ0v) is 16.3. The minimum Gasteiger partial charge on any atom is -0.495 e. The quantitative estimate of drug-likeness (QED) is 0.724. The van der Waals surface area contributed by atoms with Crippen LogP contribution in [0.1, 0.15) is 19.4 Å². The number of carbonyl (C=O) groups is 1. The monoisotopic (exact) mass is 392 g/mol. The van der Waals surface area contributed by atoms with Gasteiger partial charge in [-0.3, -0.25) is 4.79 Å². The first-order valence-electron chi connectivity index (χ1n) is 9.04. The second kappa shape index (κ2) is 6.76. The molecule has 1 aliphatic rings. The molecule has 0 aliphatic carbocycles. The van der Waals surface area contributed by atoms with Crippen LogP contribution in [0.5, 0.6) is 5.75 Å². The lowest BCUT2D eigenvalue weighted by molar-refractivity contribution is -0.144. The summed E-state index contributed by atoms with van der Waals surface area (Å²) in [5.74, 6) is 0.639. The van der Waals surface area contributed by atoms with Gasteiger partial charge in [-0.25, -0.2) is 9.50 Å². The van der Waals surface area contributed by atoms with Crippen LogP contribution in [-0.4, -0.2) is 46.4 Å². The zero-order chi connectivity index (χ0) is 20.8. The summed E-state index contributed by atoms with van der Waals surface area (Å²) in [5.41, 5.74) is 7.90. The van der Waals surface area contributed by atoms with Gasteiger partial charge in [-0.1, -0.05) is 0 Å². The van der Waals surface area contributed by atoms with Gasteiger partial charge in [-0.2, -0.15) is 10.4 Å². The standard InChI is InChI=1S/C20H20N6O3/c1-20(2)19(27)25(6-7-29-20)15-8-12(4-5-16(15)28-3)14-9-13(10-21)17-18(22)23-11-24-26(14)17/h4-5,8-9,11H,6-7H2,1-3H3,(H2,22,23,24). The van der Waals surface area contributed by atoms with Crippen molar-refractivity contribution in [2.75, 3.05) is 30.9 Å². The molecule has 0 unspecified atom stereocenters. The van der Waals surface area contributed by atoms with Crippen molar-refractivity contribution in [1.82, 2.24) is 14.6 Å². The molecule has 0 bridgehead atoms. The first-order valence-corrected chi connectivity index (χ1v) is 9.04. The van der Waals surface area contributed by atoms with Crippen LogP contribution in [-0.2, 0) is 9.53 Å². The third kappa shape index (κ3) is 2.94. The van der Waals surface area contributed by atoms with Crippen LogP contribution < -0.4 is 15.4 Å². The second-order valence-corrected chi connectivity index (χ2v) is 7.16. The third-order valence-electron chi connectivity index (χ3n) is 5.01. The summed E-state index contributed by atoms with van der Waals surface area (Å²) in [7, 11) is 1.56. The molecular weight excluding hydrogens is 372 g/mol. The minimum absolute atomic E-state index is 0.150. The number of nitrogens with two attached hydrogens (primary N) is 1. The molecule has 2 N–H and O–H groups in total. The van der Waals surface area contributed by atoms with Crippen molar-refractivity contribution in [3.8, 4) is 23.1 Å². The lowest BCUT2D eigenvalue weighted by atomic mass is 10.0. The van der Waals surface area contributed by atoms with Crippen LogP contribution in [0.15, 0.2) is 30.6 Å². The maximum absolute atomic E-state index is 12.9. The zero-order valence-electron chi connectivity index (χ0n) is 16.3. The van der Waals surface area contributed by atoms with Gasteiger partial charge >= 0.3 is 0 Å². The van der Waals surface area contributed by atoms with Gasteiger partial charge in [0.05, 0.1) is 30.7 Å². The molecule has 9 nitrogen and oxygen atoms in total. The lowest BCUT2D eigenvalue weighted by Crippen LogP contribution is -2.53. The molecule has 0 radical (unpaired) electrons. The van der Waals surface area contributed by atoms with Gasteiger partial charge in [0.25, 0.3) is 5.91 Å². The van der Waals surface area contributed by atoms with Crippen molar-refractivity contribution in [3.05, 3.63) is 36.2 Å². The van der Waals surface area contributed by atoms with Crippen molar-refractivity contribution in [1.29, 1.82) is 5.26 Å². The van der Waals surface area contributed by atoms with E-state index in [2.05, 4.69) is 16.2 Å². The van der Waals surface area contributed by atoms with Crippen LogP contribution in [0.2, 0.25) is 0 Å². The number of anilines is 2. The van der Waals surface area contributed by atoms with Gasteiger partial charge < -0.3 is 20.1 Å². The number of rotatable bonds is 3. The Morgan fingerprint density at radius 1 is 1.34 bits per heavy atom. The number of benzene rings is 1. The predicted molar refractivity (Wildman–Crippen MR) is 106 cm³/mol. The highest BCUT2D eigenvalue weighted by molar-refractivity contribution is 6.01. The first kappa shape index (κ1) is 18.7. The number of nitrogens with zero attached hydrogens (tertiary/aromatic N) is 5. The molecule has 0 saturated carbocycles. The average molecular weight is 392 g/mol. The van der Waals surface area contributed by atoms with Crippen molar-refractivity contribution in [2.45, 2.75) is 19.4 Å². The maximum Gasteiger partial charge on any atom is 0.258 e. The molecule has 148 valence electrons. The SMILES string of the molecule is COc1ccc(-c2cc(C#N)c3c(N)ncnn23)cc1N1CCOC(C)(C)C1=O. The molecular formula is C20H20N6O3. The molecule has 29 heavy (non-hydrogen) atoms. The van der Waals surface area contributed by atoms with E-state index in [4.69, 9.17) is 15.2 Å². The van der Waals surface area contributed by atoms with Crippen molar-refractivity contribution in [3.63, 3.8) is 0 Å². The van der Waals surface area contributed by atoms with E-state index in [9.17, 15) is 10.1 Å². The number of fused-ring (bicyclic) bond motifs is 1. The number of carbonyl (C=O) groups excluding carboxylic acids is 1. The fourth-order valence-electron chi connectivity index (χ4n) is 3.53. The van der Waals surface area contributed by atoms with Gasteiger partial charge in [0.2, 0.25) is 0 Å². The summed E-state index contributed by atoms with van der Waals surface area (Å²) in [6, 6.07) is 9.32. The van der Waals surface area contributed by atoms with Crippen LogP contribution in [0.3, 0.4) is 0 Å². The molecule has 2 aromatic heterocycles. The molecule has 1 aliphatic heterocycles. The summed E-state index contributed by atoms with van der Waals surface area (Å²) in [5, 5.41) is 13.7. The average Bonchev–Trinajstić information content (AvgIpc) is 3.10. The van der Waals surface area contributed by atoms with E-state index >= 15 is 0 Å². The van der Waals surface area contributed by atoms with E-state index in [0.29, 0.717) is 41.4 Å². The fourth-order valence-corrected chi connectivity index (χ4v) is 3.53. The van der Waals surface area contributed by atoms with Gasteiger partial charge in [0, 0.05) is 12.1 Å². The Labute approximate surface area is 167 Å². The van der Waals surface area contributed by atoms with E-state index in [1.807, 2.05) is 12.1 Å². The fraction of sp³-hybridized carbons (Fsp3) is 0.300. The van der Waals surface area contributed by atoms with E-state index in [1.54, 1.807) is 42.5 Å². The smallest absolute Gasteiger partial charge is 0.258 e. The van der Waals surface area contributed by atoms with Crippen LogP contribution in [0.4, 0.5) is 11.5 Å². The largest absolute Gasteiger partial charge is 0.495 e. The van der Waals surface area contributed by atoms with Gasteiger partial charge in [-0.15, -0.1) is 0 Å². The molecule has 0 spiro atoms. The number of nitrogen functional groups attached to an aromatic ring is 1. The highest BCUT2D eigenvalue weighted by Crippen LogP contribution is 2.37. The normalized spacial score (nSPS) is 16.1. The Morgan fingerprint density at radius 2 is 2.14 bits per heavy atom. The van der Waals surface area contributed by atoms with Gasteiger partial charge in [-0.05, 0) is 38.1 Å². The number of methoxy groups -OCH3 is 1. The third-order valence-corrected chi connectivity index (χ3v) is 5.01. The number of ether oxygens (including phenoxy) is 2. The first-order chi connectivity index (χ1) is 13.9. The van der Waals surface area contributed by atoms with Crippen molar-refractivity contribution in [2.24, 2.45) is 0 Å². The molecule has 1 fully saturated rings. The topological polar surface area (TPSA) is 119 Å². The summed E-state index contributed by atoms with van der Waals surface area (Å²) in [6.07, 6.45) is 1.34. The predicted octanol–water partition coefficient (Wildman–Crippen LogP) is 2.00.